The third-order valence-electron chi connectivity index (χ3n) is 3.36. The van der Waals surface area contributed by atoms with E-state index in [4.69, 9.17) is 11.6 Å². The van der Waals surface area contributed by atoms with Crippen molar-refractivity contribution in [3.05, 3.63) is 34.6 Å². The van der Waals surface area contributed by atoms with Crippen molar-refractivity contribution in [1.82, 2.24) is 0 Å². The Morgan fingerprint density at radius 2 is 2.12 bits per heavy atom. The van der Waals surface area contributed by atoms with Gasteiger partial charge in [0, 0.05) is 11.8 Å². The van der Waals surface area contributed by atoms with Gasteiger partial charge in [-0.3, -0.25) is 4.79 Å². The summed E-state index contributed by atoms with van der Waals surface area (Å²) in [5.41, 5.74) is 0.599. The lowest BCUT2D eigenvalue weighted by Gasteiger charge is -2.15. The fraction of sp³-hybridized carbons (Fsp3) is 0.462. The average molecular weight is 241 g/mol. The predicted molar refractivity (Wildman–Crippen MR) is 62.2 cm³/mol. The smallest absolute Gasteiger partial charge is 0.142 e. The summed E-state index contributed by atoms with van der Waals surface area (Å²) in [6.07, 6.45) is 1.29. The van der Waals surface area contributed by atoms with Crippen LogP contribution in [-0.2, 0) is 4.79 Å². The second kappa shape index (κ2) is 3.85. The number of halogens is 2. The molecule has 0 aromatic heterocycles. The molecule has 1 nitrogen and oxygen atoms in total. The minimum atomic E-state index is -0.406. The molecule has 1 unspecified atom stereocenters. The Bertz CT molecular complexity index is 440. The van der Waals surface area contributed by atoms with Crippen LogP contribution in [0, 0.1) is 11.2 Å². The molecule has 1 aromatic carbocycles. The van der Waals surface area contributed by atoms with Crippen LogP contribution < -0.4 is 0 Å². The van der Waals surface area contributed by atoms with Gasteiger partial charge < -0.3 is 0 Å². The van der Waals surface area contributed by atoms with E-state index in [2.05, 4.69) is 0 Å². The fourth-order valence-corrected chi connectivity index (χ4v) is 2.42. The third-order valence-corrected chi connectivity index (χ3v) is 3.66. The number of hydrogen-bond acceptors (Lipinski definition) is 1. The maximum absolute atomic E-state index is 13.3. The van der Waals surface area contributed by atoms with E-state index in [0.29, 0.717) is 6.42 Å². The molecule has 86 valence electrons. The number of Topliss-reactive ketones (excluding diaryl/α,β-unsaturated/α-hetero) is 1. The molecular weight excluding hydrogens is 227 g/mol. The lowest BCUT2D eigenvalue weighted by atomic mass is 9.88. The zero-order valence-corrected chi connectivity index (χ0v) is 10.1. The van der Waals surface area contributed by atoms with Crippen LogP contribution in [0.25, 0.3) is 0 Å². The molecule has 1 aliphatic carbocycles. The van der Waals surface area contributed by atoms with E-state index in [0.717, 1.165) is 12.0 Å². The molecule has 16 heavy (non-hydrogen) atoms. The van der Waals surface area contributed by atoms with Crippen LogP contribution in [0.15, 0.2) is 18.2 Å². The monoisotopic (exact) mass is 240 g/mol. The van der Waals surface area contributed by atoms with Gasteiger partial charge in [0.15, 0.2) is 0 Å². The molecule has 0 amide bonds. The summed E-state index contributed by atoms with van der Waals surface area (Å²) in [4.78, 5) is 11.7. The summed E-state index contributed by atoms with van der Waals surface area (Å²) in [6, 6.07) is 4.81. The van der Waals surface area contributed by atoms with Crippen LogP contribution in [0.2, 0.25) is 5.02 Å². The maximum atomic E-state index is 13.3. The molecule has 0 heterocycles. The van der Waals surface area contributed by atoms with Gasteiger partial charge in [0.1, 0.15) is 11.6 Å². The van der Waals surface area contributed by atoms with Crippen molar-refractivity contribution in [2.24, 2.45) is 5.41 Å². The number of rotatable bonds is 1. The second-order valence-electron chi connectivity index (χ2n) is 5.09. The molecule has 0 spiro atoms. The third kappa shape index (κ3) is 1.99. The van der Waals surface area contributed by atoms with Crippen LogP contribution in [0.4, 0.5) is 4.39 Å². The summed E-state index contributed by atoms with van der Waals surface area (Å²) in [5.74, 6) is -0.0153. The first-order chi connectivity index (χ1) is 7.40. The topological polar surface area (TPSA) is 17.1 Å². The van der Waals surface area contributed by atoms with Gasteiger partial charge in [-0.2, -0.15) is 0 Å². The van der Waals surface area contributed by atoms with E-state index in [1.807, 2.05) is 19.9 Å². The first-order valence-electron chi connectivity index (χ1n) is 5.38. The SMILES string of the molecule is CC1(C)CC(c2ccc(Cl)c(F)c2)CC1=O. The van der Waals surface area contributed by atoms with Crippen LogP contribution in [0.3, 0.4) is 0 Å². The molecule has 0 bridgehead atoms. The Balaban J connectivity index is 2.27. The van der Waals surface area contributed by atoms with Crippen molar-refractivity contribution in [2.75, 3.05) is 0 Å². The quantitative estimate of drug-likeness (QED) is 0.726. The molecule has 3 heteroatoms. The zero-order valence-electron chi connectivity index (χ0n) is 9.39. The summed E-state index contributed by atoms with van der Waals surface area (Å²) in [7, 11) is 0. The number of carbonyl (C=O) groups excluding carboxylic acids is 1. The van der Waals surface area contributed by atoms with E-state index in [-0.39, 0.29) is 22.1 Å². The number of hydrogen-bond donors (Lipinski definition) is 0. The highest BCUT2D eigenvalue weighted by Crippen LogP contribution is 2.43. The molecule has 1 aromatic rings. The standard InChI is InChI=1S/C13H14ClFO/c1-13(2)7-9(6-12(13)16)8-3-4-10(14)11(15)5-8/h3-5,9H,6-7H2,1-2H3. The zero-order chi connectivity index (χ0) is 11.9. The molecular formula is C13H14ClFO. The minimum Gasteiger partial charge on any atom is -0.299 e. The summed E-state index contributed by atoms with van der Waals surface area (Å²) in [6.45, 7) is 3.89. The van der Waals surface area contributed by atoms with Gasteiger partial charge in [0.05, 0.1) is 5.02 Å². The Morgan fingerprint density at radius 1 is 1.44 bits per heavy atom. The van der Waals surface area contributed by atoms with Crippen molar-refractivity contribution in [3.63, 3.8) is 0 Å². The highest BCUT2D eigenvalue weighted by atomic mass is 35.5. The number of ketones is 1. The van der Waals surface area contributed by atoms with E-state index in [9.17, 15) is 9.18 Å². The number of benzene rings is 1. The van der Waals surface area contributed by atoms with Crippen molar-refractivity contribution in [3.8, 4) is 0 Å². The van der Waals surface area contributed by atoms with Crippen LogP contribution in [-0.4, -0.2) is 5.78 Å². The van der Waals surface area contributed by atoms with Crippen molar-refractivity contribution >= 4 is 17.4 Å². The molecule has 2 rings (SSSR count). The highest BCUT2D eigenvalue weighted by Gasteiger charge is 2.39. The predicted octanol–water partition coefficient (Wildman–Crippen LogP) is 3.95. The first kappa shape index (κ1) is 11.6. The van der Waals surface area contributed by atoms with E-state index in [1.165, 1.54) is 6.07 Å². The minimum absolute atomic E-state index is 0.132. The molecule has 1 aliphatic rings. The van der Waals surface area contributed by atoms with Gasteiger partial charge in [-0.25, -0.2) is 4.39 Å². The van der Waals surface area contributed by atoms with E-state index < -0.39 is 5.82 Å². The highest BCUT2D eigenvalue weighted by molar-refractivity contribution is 6.30. The van der Waals surface area contributed by atoms with Gasteiger partial charge in [-0.15, -0.1) is 0 Å². The maximum Gasteiger partial charge on any atom is 0.142 e. The Kier molecular flexibility index (Phi) is 2.79. The Hall–Kier alpha value is -0.890. The Morgan fingerprint density at radius 3 is 2.62 bits per heavy atom. The van der Waals surface area contributed by atoms with Crippen molar-refractivity contribution in [1.29, 1.82) is 0 Å². The largest absolute Gasteiger partial charge is 0.299 e. The van der Waals surface area contributed by atoms with Crippen molar-refractivity contribution in [2.45, 2.75) is 32.6 Å². The fourth-order valence-electron chi connectivity index (χ4n) is 2.30. The van der Waals surface area contributed by atoms with Gasteiger partial charge in [0.25, 0.3) is 0 Å². The first-order valence-corrected chi connectivity index (χ1v) is 5.76. The molecule has 1 atom stereocenters. The summed E-state index contributed by atoms with van der Waals surface area (Å²) >= 11 is 5.63. The van der Waals surface area contributed by atoms with E-state index in [1.54, 1.807) is 6.07 Å². The Labute approximate surface area is 99.6 Å². The second-order valence-corrected chi connectivity index (χ2v) is 5.49. The van der Waals surface area contributed by atoms with Crippen molar-refractivity contribution < 1.29 is 9.18 Å². The lowest BCUT2D eigenvalue weighted by Crippen LogP contribution is -2.15. The van der Waals surface area contributed by atoms with Gasteiger partial charge in [-0.1, -0.05) is 31.5 Å². The van der Waals surface area contributed by atoms with Gasteiger partial charge >= 0.3 is 0 Å². The normalized spacial score (nSPS) is 23.8. The van der Waals surface area contributed by atoms with E-state index >= 15 is 0 Å². The number of carbonyl (C=O) groups is 1. The van der Waals surface area contributed by atoms with Crippen LogP contribution in [0.5, 0.6) is 0 Å². The molecule has 0 N–H and O–H groups in total. The van der Waals surface area contributed by atoms with Gasteiger partial charge in [-0.05, 0) is 30.0 Å². The summed E-state index contributed by atoms with van der Waals surface area (Å²) in [5, 5.41) is 0.132. The average Bonchev–Trinajstić information content (AvgIpc) is 2.46. The summed E-state index contributed by atoms with van der Waals surface area (Å²) < 4.78 is 13.3. The van der Waals surface area contributed by atoms with Crippen LogP contribution >= 0.6 is 11.6 Å². The molecule has 1 saturated carbocycles. The lowest BCUT2D eigenvalue weighted by molar-refractivity contribution is -0.124. The molecule has 0 radical (unpaired) electrons. The molecule has 1 fully saturated rings. The van der Waals surface area contributed by atoms with Crippen LogP contribution in [0.1, 0.15) is 38.2 Å². The molecule has 0 aliphatic heterocycles. The van der Waals surface area contributed by atoms with Gasteiger partial charge in [0.2, 0.25) is 0 Å². The molecule has 0 saturated heterocycles.